The highest BCUT2D eigenvalue weighted by Gasteiger charge is 2.38. The second kappa shape index (κ2) is 4.14. The molecule has 2 unspecified atom stereocenters. The van der Waals surface area contributed by atoms with Gasteiger partial charge < -0.3 is 9.84 Å². The van der Waals surface area contributed by atoms with Crippen LogP contribution in [0.15, 0.2) is 4.99 Å². The van der Waals surface area contributed by atoms with E-state index in [-0.39, 0.29) is 5.60 Å². The topological polar surface area (TPSA) is 58.9 Å². The van der Waals surface area contributed by atoms with Gasteiger partial charge in [0.1, 0.15) is 10.6 Å². The van der Waals surface area contributed by atoms with E-state index < -0.39 is 12.0 Å². The lowest BCUT2D eigenvalue weighted by Crippen LogP contribution is -2.39. The number of ether oxygens (including phenoxy) is 1. The molecule has 0 amide bonds. The van der Waals surface area contributed by atoms with Crippen molar-refractivity contribution in [2.75, 3.05) is 12.4 Å². The third-order valence-corrected chi connectivity index (χ3v) is 4.15. The number of hydrogen-bond acceptors (Lipinski definition) is 4. The lowest BCUT2D eigenvalue weighted by atomic mass is 9.97. The summed E-state index contributed by atoms with van der Waals surface area (Å²) < 4.78 is 5.73. The fourth-order valence-electron chi connectivity index (χ4n) is 1.89. The molecule has 1 N–H and O–H groups in total. The molecule has 4 nitrogen and oxygen atoms in total. The van der Waals surface area contributed by atoms with Crippen molar-refractivity contribution in [1.29, 1.82) is 0 Å². The molecular formula is C10H15NO3S. The normalized spacial score (nSPS) is 36.3. The summed E-state index contributed by atoms with van der Waals surface area (Å²) in [6.45, 7) is 2.77. The van der Waals surface area contributed by atoms with Gasteiger partial charge in [0, 0.05) is 12.4 Å². The molecule has 2 heterocycles. The average Bonchev–Trinajstić information content (AvgIpc) is 2.68. The van der Waals surface area contributed by atoms with Crippen molar-refractivity contribution in [2.24, 2.45) is 4.99 Å². The van der Waals surface area contributed by atoms with Gasteiger partial charge in [-0.25, -0.2) is 4.79 Å². The van der Waals surface area contributed by atoms with Crippen molar-refractivity contribution in [1.82, 2.24) is 0 Å². The van der Waals surface area contributed by atoms with Crippen LogP contribution in [0.25, 0.3) is 0 Å². The molecule has 0 aliphatic carbocycles. The van der Waals surface area contributed by atoms with Crippen LogP contribution in [0.5, 0.6) is 0 Å². The van der Waals surface area contributed by atoms with Crippen molar-refractivity contribution >= 4 is 22.8 Å². The molecule has 0 radical (unpaired) electrons. The number of carboxylic acids is 1. The summed E-state index contributed by atoms with van der Waals surface area (Å²) in [4.78, 5) is 15.0. The fourth-order valence-corrected chi connectivity index (χ4v) is 3.09. The number of carbonyl (C=O) groups is 1. The molecule has 0 aromatic heterocycles. The Morgan fingerprint density at radius 1 is 1.67 bits per heavy atom. The van der Waals surface area contributed by atoms with E-state index >= 15 is 0 Å². The summed E-state index contributed by atoms with van der Waals surface area (Å²) in [5.74, 6) is -0.291. The van der Waals surface area contributed by atoms with E-state index in [1.807, 2.05) is 6.92 Å². The summed E-state index contributed by atoms with van der Waals surface area (Å²) in [6.07, 6.45) is 3.18. The van der Waals surface area contributed by atoms with Crippen LogP contribution in [-0.2, 0) is 9.53 Å². The van der Waals surface area contributed by atoms with Crippen LogP contribution < -0.4 is 0 Å². The van der Waals surface area contributed by atoms with Crippen molar-refractivity contribution in [2.45, 2.75) is 37.8 Å². The van der Waals surface area contributed by atoms with Gasteiger partial charge in [-0.3, -0.25) is 4.99 Å². The molecule has 0 aromatic carbocycles. The van der Waals surface area contributed by atoms with Crippen LogP contribution in [-0.4, -0.2) is 40.1 Å². The zero-order valence-electron chi connectivity index (χ0n) is 8.73. The molecule has 2 rings (SSSR count). The van der Waals surface area contributed by atoms with E-state index in [0.717, 1.165) is 30.9 Å². The van der Waals surface area contributed by atoms with Gasteiger partial charge in [0.2, 0.25) is 0 Å². The van der Waals surface area contributed by atoms with Crippen LogP contribution >= 0.6 is 11.8 Å². The molecule has 2 atom stereocenters. The van der Waals surface area contributed by atoms with Crippen LogP contribution in [0, 0.1) is 0 Å². The minimum Gasteiger partial charge on any atom is -0.480 e. The number of hydrogen-bond donors (Lipinski definition) is 1. The molecule has 1 saturated heterocycles. The van der Waals surface area contributed by atoms with Crippen molar-refractivity contribution in [3.05, 3.63) is 0 Å². The van der Waals surface area contributed by atoms with Gasteiger partial charge in [0.15, 0.2) is 6.04 Å². The molecule has 1 fully saturated rings. The summed E-state index contributed by atoms with van der Waals surface area (Å²) in [5.41, 5.74) is -0.326. The quantitative estimate of drug-likeness (QED) is 0.780. The van der Waals surface area contributed by atoms with Gasteiger partial charge in [-0.05, 0) is 26.2 Å². The molecule has 5 heteroatoms. The van der Waals surface area contributed by atoms with E-state index in [9.17, 15) is 4.79 Å². The predicted molar refractivity (Wildman–Crippen MR) is 59.5 cm³/mol. The molecule has 2 aliphatic heterocycles. The third kappa shape index (κ3) is 2.18. The van der Waals surface area contributed by atoms with Gasteiger partial charge in [0.25, 0.3) is 0 Å². The maximum atomic E-state index is 10.8. The standard InChI is InChI=1S/C10H15NO3S/c1-10(4-2-3-5-14-10)9-11-7(6-15-9)8(12)13/h7H,2-6H2,1H3,(H,12,13). The molecule has 15 heavy (non-hydrogen) atoms. The van der Waals surface area contributed by atoms with Crippen molar-refractivity contribution in [3.63, 3.8) is 0 Å². The summed E-state index contributed by atoms with van der Waals surface area (Å²) in [7, 11) is 0. The monoisotopic (exact) mass is 229 g/mol. The highest BCUT2D eigenvalue weighted by Crippen LogP contribution is 2.34. The molecule has 0 saturated carbocycles. The van der Waals surface area contributed by atoms with Gasteiger partial charge in [-0.15, -0.1) is 11.8 Å². The minimum absolute atomic E-state index is 0.326. The number of carboxylic acid groups (broad SMARTS) is 1. The highest BCUT2D eigenvalue weighted by atomic mass is 32.2. The Kier molecular flexibility index (Phi) is 3.02. The molecule has 0 bridgehead atoms. The van der Waals surface area contributed by atoms with Crippen molar-refractivity contribution < 1.29 is 14.6 Å². The molecule has 0 spiro atoms. The first-order valence-electron chi connectivity index (χ1n) is 5.20. The minimum atomic E-state index is -0.836. The zero-order valence-corrected chi connectivity index (χ0v) is 9.55. The SMILES string of the molecule is CC1(C2=NC(C(=O)O)CS2)CCCCO1. The molecular weight excluding hydrogens is 214 g/mol. The molecule has 84 valence electrons. The predicted octanol–water partition coefficient (Wildman–Crippen LogP) is 1.54. The zero-order chi connectivity index (χ0) is 10.9. The smallest absolute Gasteiger partial charge is 0.329 e. The summed E-state index contributed by atoms with van der Waals surface area (Å²) in [6, 6.07) is -0.577. The Balaban J connectivity index is 2.10. The van der Waals surface area contributed by atoms with E-state index in [0.29, 0.717) is 5.75 Å². The largest absolute Gasteiger partial charge is 0.480 e. The second-order valence-electron chi connectivity index (χ2n) is 4.14. The first-order valence-corrected chi connectivity index (χ1v) is 6.18. The number of aliphatic imine (C=N–C) groups is 1. The Labute approximate surface area is 93.1 Å². The van der Waals surface area contributed by atoms with Crippen LogP contribution in [0.3, 0.4) is 0 Å². The number of nitrogens with zero attached hydrogens (tertiary/aromatic N) is 1. The number of aliphatic carboxylic acids is 1. The average molecular weight is 229 g/mol. The van der Waals surface area contributed by atoms with Gasteiger partial charge in [0.05, 0.1) is 0 Å². The van der Waals surface area contributed by atoms with Crippen molar-refractivity contribution in [3.8, 4) is 0 Å². The Hall–Kier alpha value is -0.550. The Morgan fingerprint density at radius 3 is 3.00 bits per heavy atom. The maximum absolute atomic E-state index is 10.8. The maximum Gasteiger partial charge on any atom is 0.329 e. The summed E-state index contributed by atoms with van der Waals surface area (Å²) in [5, 5.41) is 9.72. The lowest BCUT2D eigenvalue weighted by Gasteiger charge is -2.33. The number of rotatable bonds is 2. The van der Waals surface area contributed by atoms with E-state index in [1.54, 1.807) is 0 Å². The van der Waals surface area contributed by atoms with Crippen LogP contribution in [0.1, 0.15) is 26.2 Å². The van der Waals surface area contributed by atoms with Crippen LogP contribution in [0.2, 0.25) is 0 Å². The first kappa shape index (κ1) is 11.0. The van der Waals surface area contributed by atoms with E-state index in [2.05, 4.69) is 4.99 Å². The highest BCUT2D eigenvalue weighted by molar-refractivity contribution is 8.14. The number of thioether (sulfide) groups is 1. The van der Waals surface area contributed by atoms with Gasteiger partial charge in [-0.2, -0.15) is 0 Å². The Morgan fingerprint density at radius 2 is 2.47 bits per heavy atom. The lowest BCUT2D eigenvalue weighted by molar-refractivity contribution is -0.137. The first-order chi connectivity index (χ1) is 7.12. The van der Waals surface area contributed by atoms with E-state index in [1.165, 1.54) is 11.8 Å². The van der Waals surface area contributed by atoms with E-state index in [4.69, 9.17) is 9.84 Å². The van der Waals surface area contributed by atoms with Gasteiger partial charge in [-0.1, -0.05) is 0 Å². The third-order valence-electron chi connectivity index (χ3n) is 2.86. The Bertz CT molecular complexity index is 297. The van der Waals surface area contributed by atoms with Crippen LogP contribution in [0.4, 0.5) is 0 Å². The second-order valence-corrected chi connectivity index (χ2v) is 5.14. The summed E-state index contributed by atoms with van der Waals surface area (Å²) >= 11 is 1.53. The molecule has 0 aromatic rings. The fraction of sp³-hybridized carbons (Fsp3) is 0.800. The molecule has 2 aliphatic rings. The van der Waals surface area contributed by atoms with Gasteiger partial charge >= 0.3 is 5.97 Å².